The van der Waals surface area contributed by atoms with E-state index in [1.807, 2.05) is 6.92 Å². The van der Waals surface area contributed by atoms with Gasteiger partial charge in [0.2, 0.25) is 11.7 Å². The molecule has 1 aromatic heterocycles. The number of nitrogens with zero attached hydrogens (tertiary/aromatic N) is 1. The zero-order chi connectivity index (χ0) is 12.4. The third-order valence-electron chi connectivity index (χ3n) is 2.39. The number of ketones is 1. The Morgan fingerprint density at radius 3 is 2.82 bits per heavy atom. The molecule has 0 unspecified atom stereocenters. The van der Waals surface area contributed by atoms with Crippen LogP contribution < -0.4 is 5.73 Å². The van der Waals surface area contributed by atoms with Crippen molar-refractivity contribution in [3.05, 3.63) is 29.7 Å². The van der Waals surface area contributed by atoms with Gasteiger partial charge in [-0.25, -0.2) is 4.98 Å². The van der Waals surface area contributed by atoms with Gasteiger partial charge in [0.25, 0.3) is 5.89 Å². The number of nitrogens with two attached hydrogens (primary N) is 1. The van der Waals surface area contributed by atoms with E-state index in [2.05, 4.69) is 4.98 Å². The minimum absolute atomic E-state index is 0.0865. The van der Waals surface area contributed by atoms with E-state index in [9.17, 15) is 9.59 Å². The second kappa shape index (κ2) is 4.37. The zero-order valence-corrected chi connectivity index (χ0v) is 9.40. The summed E-state index contributed by atoms with van der Waals surface area (Å²) in [6.07, 6.45) is 1.14. The van der Waals surface area contributed by atoms with Gasteiger partial charge in [-0.2, -0.15) is 0 Å². The van der Waals surface area contributed by atoms with Crippen molar-refractivity contribution in [2.45, 2.75) is 19.8 Å². The molecule has 0 saturated heterocycles. The van der Waals surface area contributed by atoms with Crippen molar-refractivity contribution < 1.29 is 14.0 Å². The first-order chi connectivity index (χ1) is 8.11. The normalized spacial score (nSPS) is 10.6. The lowest BCUT2D eigenvalue weighted by molar-refractivity contribution is 0.0949. The highest BCUT2D eigenvalue weighted by molar-refractivity contribution is 5.97. The summed E-state index contributed by atoms with van der Waals surface area (Å²) in [4.78, 5) is 26.6. The average molecular weight is 232 g/mol. The van der Waals surface area contributed by atoms with Crippen molar-refractivity contribution in [3.63, 3.8) is 0 Å². The second-order valence-electron chi connectivity index (χ2n) is 3.74. The molecular weight excluding hydrogens is 220 g/mol. The van der Waals surface area contributed by atoms with E-state index in [4.69, 9.17) is 10.2 Å². The number of hydrogen-bond acceptors (Lipinski definition) is 4. The number of hydrogen-bond donors (Lipinski definition) is 1. The predicted octanol–water partition coefficient (Wildman–Crippen LogP) is 1.91. The average Bonchev–Trinajstić information content (AvgIpc) is 2.71. The number of carbonyl (C=O) groups excluding carboxylic acids is 2. The highest BCUT2D eigenvalue weighted by Gasteiger charge is 2.14. The SMILES string of the molecule is CCCC(=O)c1nc2cc(C(N)=O)ccc2o1. The van der Waals surface area contributed by atoms with Crippen LogP contribution in [0.4, 0.5) is 0 Å². The van der Waals surface area contributed by atoms with Crippen molar-refractivity contribution in [2.75, 3.05) is 0 Å². The van der Waals surface area contributed by atoms with E-state index < -0.39 is 5.91 Å². The van der Waals surface area contributed by atoms with Crippen molar-refractivity contribution in [1.29, 1.82) is 0 Å². The number of amides is 1. The van der Waals surface area contributed by atoms with Crippen LogP contribution in [0.25, 0.3) is 11.1 Å². The molecule has 1 heterocycles. The lowest BCUT2D eigenvalue weighted by atomic mass is 10.2. The number of primary amides is 1. The van der Waals surface area contributed by atoms with E-state index in [1.54, 1.807) is 12.1 Å². The Balaban J connectivity index is 2.43. The zero-order valence-electron chi connectivity index (χ0n) is 9.40. The number of carbonyl (C=O) groups is 2. The van der Waals surface area contributed by atoms with E-state index in [0.717, 1.165) is 6.42 Å². The summed E-state index contributed by atoms with van der Waals surface area (Å²) in [5, 5.41) is 0. The number of fused-ring (bicyclic) bond motifs is 1. The van der Waals surface area contributed by atoms with Crippen molar-refractivity contribution in [1.82, 2.24) is 4.98 Å². The van der Waals surface area contributed by atoms with Crippen molar-refractivity contribution in [3.8, 4) is 0 Å². The molecule has 0 aliphatic rings. The molecule has 0 radical (unpaired) electrons. The Bertz CT molecular complexity index is 586. The van der Waals surface area contributed by atoms with Gasteiger partial charge in [0.05, 0.1) is 0 Å². The molecule has 0 spiro atoms. The van der Waals surface area contributed by atoms with Crippen molar-refractivity contribution in [2.24, 2.45) is 5.73 Å². The summed E-state index contributed by atoms with van der Waals surface area (Å²) in [6.45, 7) is 1.91. The molecule has 2 rings (SSSR count). The van der Waals surface area contributed by atoms with Crippen molar-refractivity contribution >= 4 is 22.8 Å². The molecule has 1 aromatic carbocycles. The van der Waals surface area contributed by atoms with Gasteiger partial charge in [-0.3, -0.25) is 9.59 Å². The van der Waals surface area contributed by atoms with Crippen LogP contribution in [0.5, 0.6) is 0 Å². The molecule has 88 valence electrons. The molecule has 17 heavy (non-hydrogen) atoms. The molecule has 0 aliphatic carbocycles. The summed E-state index contributed by atoms with van der Waals surface area (Å²) in [6, 6.07) is 4.65. The van der Waals surface area contributed by atoms with E-state index in [0.29, 0.717) is 23.1 Å². The summed E-state index contributed by atoms with van der Waals surface area (Å²) in [5.74, 6) is -0.580. The van der Waals surface area contributed by atoms with Gasteiger partial charge in [-0.15, -0.1) is 0 Å². The molecule has 5 heteroatoms. The van der Waals surface area contributed by atoms with E-state index in [-0.39, 0.29) is 11.7 Å². The number of aromatic nitrogens is 1. The van der Waals surface area contributed by atoms with E-state index >= 15 is 0 Å². The van der Waals surface area contributed by atoms with Gasteiger partial charge in [-0.1, -0.05) is 6.92 Å². The molecule has 0 saturated carbocycles. The number of rotatable bonds is 4. The molecule has 0 atom stereocenters. The van der Waals surface area contributed by atoms with E-state index in [1.165, 1.54) is 6.07 Å². The first-order valence-electron chi connectivity index (χ1n) is 5.35. The van der Waals surface area contributed by atoms with Gasteiger partial charge >= 0.3 is 0 Å². The molecule has 0 aliphatic heterocycles. The Morgan fingerprint density at radius 1 is 1.41 bits per heavy atom. The largest absolute Gasteiger partial charge is 0.434 e. The maximum absolute atomic E-state index is 11.6. The topological polar surface area (TPSA) is 86.2 Å². The quantitative estimate of drug-likeness (QED) is 0.816. The fourth-order valence-electron chi connectivity index (χ4n) is 1.53. The van der Waals surface area contributed by atoms with Crippen LogP contribution >= 0.6 is 0 Å². The Kier molecular flexibility index (Phi) is 2.91. The van der Waals surface area contributed by atoms with Gasteiger partial charge in [0.1, 0.15) is 5.52 Å². The van der Waals surface area contributed by atoms with Crippen LogP contribution in [0.2, 0.25) is 0 Å². The van der Waals surface area contributed by atoms with Crippen LogP contribution in [0.1, 0.15) is 40.8 Å². The monoisotopic (exact) mass is 232 g/mol. The number of benzene rings is 1. The fourth-order valence-corrected chi connectivity index (χ4v) is 1.53. The predicted molar refractivity (Wildman–Crippen MR) is 61.8 cm³/mol. The molecule has 2 aromatic rings. The minimum Gasteiger partial charge on any atom is -0.434 e. The van der Waals surface area contributed by atoms with Crippen LogP contribution in [0, 0.1) is 0 Å². The molecule has 1 amide bonds. The van der Waals surface area contributed by atoms with Crippen LogP contribution in [-0.4, -0.2) is 16.7 Å². The first-order valence-corrected chi connectivity index (χ1v) is 5.35. The standard InChI is InChI=1S/C12H12N2O3/c1-2-3-9(15)12-14-8-6-7(11(13)16)4-5-10(8)17-12/h4-6H,2-3H2,1H3,(H2,13,16). The highest BCUT2D eigenvalue weighted by Crippen LogP contribution is 2.18. The lowest BCUT2D eigenvalue weighted by Gasteiger charge is -1.92. The third kappa shape index (κ3) is 2.18. The number of oxazole rings is 1. The second-order valence-corrected chi connectivity index (χ2v) is 3.74. The Morgan fingerprint density at radius 2 is 2.18 bits per heavy atom. The van der Waals surface area contributed by atoms with Crippen LogP contribution in [0.3, 0.4) is 0 Å². The molecule has 0 fully saturated rings. The lowest BCUT2D eigenvalue weighted by Crippen LogP contribution is -2.10. The Hall–Kier alpha value is -2.17. The maximum Gasteiger partial charge on any atom is 0.264 e. The smallest absolute Gasteiger partial charge is 0.264 e. The summed E-state index contributed by atoms with van der Waals surface area (Å²) in [7, 11) is 0. The summed E-state index contributed by atoms with van der Waals surface area (Å²) >= 11 is 0. The fraction of sp³-hybridized carbons (Fsp3) is 0.250. The first kappa shape index (κ1) is 11.3. The van der Waals surface area contributed by atoms with Gasteiger partial charge < -0.3 is 10.2 Å². The molecule has 0 bridgehead atoms. The molecule has 2 N–H and O–H groups in total. The Labute approximate surface area is 97.6 Å². The van der Waals surface area contributed by atoms with Crippen LogP contribution in [0.15, 0.2) is 22.6 Å². The third-order valence-corrected chi connectivity index (χ3v) is 2.39. The highest BCUT2D eigenvalue weighted by atomic mass is 16.4. The van der Waals surface area contributed by atoms with Gasteiger partial charge in [0, 0.05) is 12.0 Å². The van der Waals surface area contributed by atoms with Gasteiger partial charge in [0.15, 0.2) is 5.58 Å². The summed E-state index contributed by atoms with van der Waals surface area (Å²) in [5.41, 5.74) is 6.46. The maximum atomic E-state index is 11.6. The molecular formula is C12H12N2O3. The van der Waals surface area contributed by atoms with Crippen LogP contribution in [-0.2, 0) is 0 Å². The minimum atomic E-state index is -0.531. The summed E-state index contributed by atoms with van der Waals surface area (Å²) < 4.78 is 5.30. The number of Topliss-reactive ketones (excluding diaryl/α,β-unsaturated/α-hetero) is 1. The molecule has 5 nitrogen and oxygen atoms in total. The van der Waals surface area contributed by atoms with Gasteiger partial charge in [-0.05, 0) is 24.6 Å².